The van der Waals surface area contributed by atoms with Crippen LogP contribution in [0.4, 0.5) is 16.4 Å². The molecule has 8 nitrogen and oxygen atoms in total. The van der Waals surface area contributed by atoms with Crippen molar-refractivity contribution in [3.05, 3.63) is 65.4 Å². The van der Waals surface area contributed by atoms with E-state index in [1.807, 2.05) is 49.4 Å². The molecule has 1 fully saturated rings. The van der Waals surface area contributed by atoms with E-state index in [1.165, 1.54) is 0 Å². The summed E-state index contributed by atoms with van der Waals surface area (Å²) < 4.78 is 11.6. The van der Waals surface area contributed by atoms with Crippen molar-refractivity contribution in [3.63, 3.8) is 0 Å². The molecule has 2 aromatic carbocycles. The van der Waals surface area contributed by atoms with Crippen LogP contribution in [0.1, 0.15) is 36.6 Å². The van der Waals surface area contributed by atoms with Gasteiger partial charge in [-0.15, -0.1) is 0 Å². The van der Waals surface area contributed by atoms with E-state index in [-0.39, 0.29) is 6.03 Å². The molecule has 1 saturated heterocycles. The van der Waals surface area contributed by atoms with Gasteiger partial charge in [0.05, 0.1) is 24.9 Å². The minimum Gasteiger partial charge on any atom is -0.497 e. The summed E-state index contributed by atoms with van der Waals surface area (Å²) in [5.41, 5.74) is 3.61. The van der Waals surface area contributed by atoms with Crippen molar-refractivity contribution < 1.29 is 14.3 Å². The quantitative estimate of drug-likeness (QED) is 0.518. The monoisotopic (exact) mass is 487 g/mol. The lowest BCUT2D eigenvalue weighted by Gasteiger charge is -2.33. The number of aryl methyl sites for hydroxylation is 1. The highest BCUT2D eigenvalue weighted by Gasteiger charge is 2.29. The molecule has 0 saturated carbocycles. The molecular weight excluding hydrogens is 454 g/mol. The third-order valence-electron chi connectivity index (χ3n) is 6.89. The highest BCUT2D eigenvalue weighted by molar-refractivity contribution is 5.89. The fourth-order valence-electron chi connectivity index (χ4n) is 4.67. The number of piperidine rings is 1. The maximum atomic E-state index is 13.1. The normalized spacial score (nSPS) is 15.9. The lowest BCUT2D eigenvalue weighted by molar-refractivity contribution is 0.205. The second-order valence-corrected chi connectivity index (χ2v) is 9.68. The van der Waals surface area contributed by atoms with Crippen LogP contribution in [-0.4, -0.2) is 47.6 Å². The van der Waals surface area contributed by atoms with Crippen LogP contribution >= 0.6 is 0 Å². The fourth-order valence-corrected chi connectivity index (χ4v) is 4.67. The SMILES string of the molecule is COc1cccc(NC(=O)N2CCc3nc(N4CCC(C)CC4)nc(Oc4cccc(C)c4)c3C2)c1. The minimum absolute atomic E-state index is 0.176. The molecule has 188 valence electrons. The van der Waals surface area contributed by atoms with E-state index in [4.69, 9.17) is 19.4 Å². The topological polar surface area (TPSA) is 79.8 Å². The maximum Gasteiger partial charge on any atom is 0.322 e. The molecule has 0 bridgehead atoms. The van der Waals surface area contributed by atoms with Gasteiger partial charge in [-0.05, 0) is 55.5 Å². The van der Waals surface area contributed by atoms with Gasteiger partial charge in [-0.1, -0.05) is 25.1 Å². The lowest BCUT2D eigenvalue weighted by atomic mass is 9.99. The second kappa shape index (κ2) is 10.4. The van der Waals surface area contributed by atoms with Crippen LogP contribution in [-0.2, 0) is 13.0 Å². The van der Waals surface area contributed by atoms with Gasteiger partial charge in [0, 0.05) is 37.8 Å². The molecule has 1 N–H and O–H groups in total. The van der Waals surface area contributed by atoms with Gasteiger partial charge in [-0.3, -0.25) is 0 Å². The average molecular weight is 488 g/mol. The summed E-state index contributed by atoms with van der Waals surface area (Å²) in [4.78, 5) is 27.0. The standard InChI is InChI=1S/C28H33N5O3/c1-19-10-13-32(14-11-19)27-30-25-12-15-33(28(34)29-21-7-5-8-22(17-21)35-3)18-24(25)26(31-27)36-23-9-4-6-20(2)16-23/h4-9,16-17,19H,10-15,18H2,1-3H3,(H,29,34). The summed E-state index contributed by atoms with van der Waals surface area (Å²) in [6.45, 7) is 7.16. The number of hydrogen-bond donors (Lipinski definition) is 1. The van der Waals surface area contributed by atoms with E-state index >= 15 is 0 Å². The molecule has 0 aliphatic carbocycles. The van der Waals surface area contributed by atoms with Crippen molar-refractivity contribution in [3.8, 4) is 17.4 Å². The molecule has 2 aliphatic heterocycles. The Bertz CT molecular complexity index is 1240. The molecule has 3 heterocycles. The van der Waals surface area contributed by atoms with Crippen LogP contribution in [0.25, 0.3) is 0 Å². The number of fused-ring (bicyclic) bond motifs is 1. The molecule has 1 aromatic heterocycles. The van der Waals surface area contributed by atoms with Gasteiger partial charge in [0.1, 0.15) is 11.5 Å². The van der Waals surface area contributed by atoms with Crippen molar-refractivity contribution >= 4 is 17.7 Å². The van der Waals surface area contributed by atoms with Gasteiger partial charge in [0.25, 0.3) is 0 Å². The Morgan fingerprint density at radius 1 is 1.03 bits per heavy atom. The predicted octanol–water partition coefficient (Wildman–Crippen LogP) is 5.41. The Kier molecular flexibility index (Phi) is 6.93. The van der Waals surface area contributed by atoms with Crippen LogP contribution in [0.3, 0.4) is 0 Å². The molecule has 0 spiro atoms. The first-order chi connectivity index (χ1) is 17.5. The number of hydrogen-bond acceptors (Lipinski definition) is 6. The van der Waals surface area contributed by atoms with Gasteiger partial charge in [-0.25, -0.2) is 9.78 Å². The summed E-state index contributed by atoms with van der Waals surface area (Å²) in [7, 11) is 1.61. The third-order valence-corrected chi connectivity index (χ3v) is 6.89. The molecule has 8 heteroatoms. The zero-order valence-electron chi connectivity index (χ0n) is 21.2. The van der Waals surface area contributed by atoms with E-state index in [9.17, 15) is 4.79 Å². The Balaban J connectivity index is 1.41. The number of ether oxygens (including phenoxy) is 2. The number of nitrogens with zero attached hydrogens (tertiary/aromatic N) is 4. The Labute approximate surface area is 212 Å². The van der Waals surface area contributed by atoms with Gasteiger partial charge in [0.15, 0.2) is 0 Å². The van der Waals surface area contributed by atoms with Crippen LogP contribution in [0.2, 0.25) is 0 Å². The van der Waals surface area contributed by atoms with E-state index in [2.05, 4.69) is 17.1 Å². The zero-order valence-corrected chi connectivity index (χ0v) is 21.2. The van der Waals surface area contributed by atoms with Crippen molar-refractivity contribution in [2.45, 2.75) is 39.7 Å². The summed E-state index contributed by atoms with van der Waals surface area (Å²) in [6.07, 6.45) is 2.91. The summed E-state index contributed by atoms with van der Waals surface area (Å²) in [5.74, 6) is 3.39. The van der Waals surface area contributed by atoms with E-state index in [0.717, 1.165) is 60.4 Å². The van der Waals surface area contributed by atoms with Gasteiger partial charge < -0.3 is 24.6 Å². The van der Waals surface area contributed by atoms with Crippen LogP contribution in [0.5, 0.6) is 17.4 Å². The fraction of sp³-hybridized carbons (Fsp3) is 0.393. The molecule has 2 aliphatic rings. The Morgan fingerprint density at radius 3 is 2.58 bits per heavy atom. The van der Waals surface area contributed by atoms with Crippen LogP contribution < -0.4 is 19.7 Å². The zero-order chi connectivity index (χ0) is 25.1. The highest BCUT2D eigenvalue weighted by Crippen LogP contribution is 2.33. The van der Waals surface area contributed by atoms with Crippen molar-refractivity contribution in [1.82, 2.24) is 14.9 Å². The number of urea groups is 1. The number of anilines is 2. The number of amides is 2. The molecule has 36 heavy (non-hydrogen) atoms. The first-order valence-electron chi connectivity index (χ1n) is 12.6. The molecular formula is C28H33N5O3. The average Bonchev–Trinajstić information content (AvgIpc) is 2.89. The molecule has 0 unspecified atom stereocenters. The summed E-state index contributed by atoms with van der Waals surface area (Å²) >= 11 is 0. The summed E-state index contributed by atoms with van der Waals surface area (Å²) in [6, 6.07) is 15.1. The van der Waals surface area contributed by atoms with Crippen molar-refractivity contribution in [2.24, 2.45) is 5.92 Å². The first-order valence-corrected chi connectivity index (χ1v) is 12.6. The number of aromatic nitrogens is 2. The van der Waals surface area contributed by atoms with Crippen molar-refractivity contribution in [1.29, 1.82) is 0 Å². The smallest absolute Gasteiger partial charge is 0.322 e. The lowest BCUT2D eigenvalue weighted by Crippen LogP contribution is -2.40. The maximum absolute atomic E-state index is 13.1. The van der Waals surface area contributed by atoms with Gasteiger partial charge in [-0.2, -0.15) is 4.98 Å². The summed E-state index contributed by atoms with van der Waals surface area (Å²) in [5, 5.41) is 2.98. The predicted molar refractivity (Wildman–Crippen MR) is 140 cm³/mol. The number of rotatable bonds is 5. The first kappa shape index (κ1) is 23.9. The van der Waals surface area contributed by atoms with Gasteiger partial charge in [0.2, 0.25) is 11.8 Å². The van der Waals surface area contributed by atoms with Crippen LogP contribution in [0, 0.1) is 12.8 Å². The van der Waals surface area contributed by atoms with Gasteiger partial charge >= 0.3 is 6.03 Å². The second-order valence-electron chi connectivity index (χ2n) is 9.68. The minimum atomic E-state index is -0.176. The molecule has 5 rings (SSSR count). The molecule has 2 amide bonds. The Hall–Kier alpha value is -3.81. The van der Waals surface area contributed by atoms with Crippen molar-refractivity contribution in [2.75, 3.05) is 37.0 Å². The van der Waals surface area contributed by atoms with Crippen LogP contribution in [0.15, 0.2) is 48.5 Å². The largest absolute Gasteiger partial charge is 0.497 e. The number of carbonyl (C=O) groups is 1. The van der Waals surface area contributed by atoms with E-state index < -0.39 is 0 Å². The van der Waals surface area contributed by atoms with E-state index in [0.29, 0.717) is 36.8 Å². The highest BCUT2D eigenvalue weighted by atomic mass is 16.5. The number of carbonyl (C=O) groups excluding carboxylic acids is 1. The molecule has 0 radical (unpaired) electrons. The Morgan fingerprint density at radius 2 is 1.81 bits per heavy atom. The van der Waals surface area contributed by atoms with E-state index in [1.54, 1.807) is 18.1 Å². The third kappa shape index (κ3) is 5.37. The molecule has 0 atom stereocenters. The number of methoxy groups -OCH3 is 1. The molecule has 3 aromatic rings. The number of nitrogens with one attached hydrogen (secondary N) is 1. The number of benzene rings is 2.